The number of piperidine rings is 1. The maximum atomic E-state index is 11.6. The summed E-state index contributed by atoms with van der Waals surface area (Å²) < 4.78 is 0. The van der Waals surface area contributed by atoms with E-state index in [-0.39, 0.29) is 0 Å². The van der Waals surface area contributed by atoms with Gasteiger partial charge in [0.15, 0.2) is 0 Å². The van der Waals surface area contributed by atoms with E-state index in [9.17, 15) is 9.90 Å². The lowest BCUT2D eigenvalue weighted by atomic mass is 9.70. The molecule has 1 heterocycles. The number of carboxylic acids is 1. The predicted octanol–water partition coefficient (Wildman–Crippen LogP) is 2.27. The van der Waals surface area contributed by atoms with Crippen LogP contribution in [0.5, 0.6) is 0 Å². The van der Waals surface area contributed by atoms with Gasteiger partial charge in [-0.2, -0.15) is 0 Å². The zero-order valence-electron chi connectivity index (χ0n) is 10.5. The minimum atomic E-state index is -0.563. The van der Waals surface area contributed by atoms with Crippen molar-refractivity contribution in [1.82, 2.24) is 5.32 Å². The molecule has 1 saturated heterocycles. The maximum absolute atomic E-state index is 11.6. The maximum Gasteiger partial charge on any atom is 0.310 e. The van der Waals surface area contributed by atoms with Crippen LogP contribution in [0.2, 0.25) is 0 Å². The van der Waals surface area contributed by atoms with E-state index >= 15 is 0 Å². The van der Waals surface area contributed by atoms with Crippen LogP contribution in [0.15, 0.2) is 0 Å². The third-order valence-corrected chi connectivity index (χ3v) is 5.46. The summed E-state index contributed by atoms with van der Waals surface area (Å²) in [5, 5.41) is 12.9. The fourth-order valence-corrected chi connectivity index (χ4v) is 4.54. The molecule has 96 valence electrons. The summed E-state index contributed by atoms with van der Waals surface area (Å²) in [5.74, 6) is 1.91. The summed E-state index contributed by atoms with van der Waals surface area (Å²) >= 11 is 0. The second kappa shape index (κ2) is 4.27. The van der Waals surface area contributed by atoms with Crippen LogP contribution < -0.4 is 5.32 Å². The number of hydrogen-bond acceptors (Lipinski definition) is 2. The van der Waals surface area contributed by atoms with Gasteiger partial charge in [0.25, 0.3) is 0 Å². The van der Waals surface area contributed by atoms with Crippen molar-refractivity contribution in [3.8, 4) is 0 Å². The van der Waals surface area contributed by atoms with Gasteiger partial charge in [0.1, 0.15) is 0 Å². The second-order valence-electron chi connectivity index (χ2n) is 6.50. The van der Waals surface area contributed by atoms with E-state index in [1.54, 1.807) is 0 Å². The lowest BCUT2D eigenvalue weighted by Gasteiger charge is -2.37. The molecule has 0 amide bonds. The molecule has 3 fully saturated rings. The number of carbonyl (C=O) groups is 1. The molecule has 2 aliphatic carbocycles. The Morgan fingerprint density at radius 3 is 2.76 bits per heavy atom. The highest BCUT2D eigenvalue weighted by molar-refractivity contribution is 5.75. The Morgan fingerprint density at radius 2 is 2.24 bits per heavy atom. The van der Waals surface area contributed by atoms with E-state index in [1.807, 2.05) is 0 Å². The van der Waals surface area contributed by atoms with Crippen molar-refractivity contribution in [2.75, 3.05) is 13.1 Å². The van der Waals surface area contributed by atoms with E-state index in [1.165, 1.54) is 25.7 Å². The molecule has 0 radical (unpaired) electrons. The Hall–Kier alpha value is -0.570. The van der Waals surface area contributed by atoms with Crippen molar-refractivity contribution < 1.29 is 9.90 Å². The van der Waals surface area contributed by atoms with Crippen LogP contribution in [0.1, 0.15) is 44.9 Å². The zero-order valence-corrected chi connectivity index (χ0v) is 10.5. The van der Waals surface area contributed by atoms with Gasteiger partial charge in [-0.25, -0.2) is 0 Å². The van der Waals surface area contributed by atoms with Crippen molar-refractivity contribution in [1.29, 1.82) is 0 Å². The van der Waals surface area contributed by atoms with Gasteiger partial charge < -0.3 is 10.4 Å². The van der Waals surface area contributed by atoms with Crippen molar-refractivity contribution >= 4 is 5.97 Å². The monoisotopic (exact) mass is 237 g/mol. The summed E-state index contributed by atoms with van der Waals surface area (Å²) in [6.45, 7) is 1.68. The van der Waals surface area contributed by atoms with Crippen molar-refractivity contribution in [3.05, 3.63) is 0 Å². The first-order valence-corrected chi connectivity index (χ1v) is 7.14. The van der Waals surface area contributed by atoms with Gasteiger partial charge in [-0.1, -0.05) is 6.42 Å². The predicted molar refractivity (Wildman–Crippen MR) is 65.7 cm³/mol. The molecular formula is C14H23NO2. The number of rotatable bonds is 3. The third kappa shape index (κ3) is 1.99. The van der Waals surface area contributed by atoms with E-state index in [4.69, 9.17) is 0 Å². The molecule has 2 saturated carbocycles. The Kier molecular flexibility index (Phi) is 2.89. The fraction of sp³-hybridized carbons (Fsp3) is 0.929. The molecule has 0 aromatic heterocycles. The molecule has 4 unspecified atom stereocenters. The zero-order chi connectivity index (χ0) is 11.9. The first kappa shape index (κ1) is 11.5. The molecule has 3 rings (SSSR count). The largest absolute Gasteiger partial charge is 0.481 e. The average molecular weight is 237 g/mol. The van der Waals surface area contributed by atoms with E-state index in [0.717, 1.165) is 37.6 Å². The summed E-state index contributed by atoms with van der Waals surface area (Å²) in [5.41, 5.74) is -0.451. The normalized spacial score (nSPS) is 45.1. The lowest BCUT2D eigenvalue weighted by Crippen LogP contribution is -2.47. The average Bonchev–Trinajstić information content (AvgIpc) is 2.92. The first-order valence-electron chi connectivity index (χ1n) is 7.14. The van der Waals surface area contributed by atoms with Crippen LogP contribution >= 0.6 is 0 Å². The summed E-state index contributed by atoms with van der Waals surface area (Å²) in [4.78, 5) is 11.6. The highest BCUT2D eigenvalue weighted by Gasteiger charge is 2.47. The van der Waals surface area contributed by atoms with Crippen LogP contribution in [0, 0.1) is 23.2 Å². The van der Waals surface area contributed by atoms with Crippen LogP contribution in [-0.4, -0.2) is 24.2 Å². The van der Waals surface area contributed by atoms with E-state index in [0.29, 0.717) is 12.5 Å². The lowest BCUT2D eigenvalue weighted by molar-refractivity contribution is -0.151. The number of aliphatic carboxylic acids is 1. The summed E-state index contributed by atoms with van der Waals surface area (Å²) in [6, 6.07) is 0. The molecule has 0 aromatic rings. The SMILES string of the molecule is O=C(O)C1(CC2CC3CCC2C3)CCCNC1. The van der Waals surface area contributed by atoms with Gasteiger partial charge in [0, 0.05) is 6.54 Å². The minimum absolute atomic E-state index is 0.451. The topological polar surface area (TPSA) is 49.3 Å². The summed E-state index contributed by atoms with van der Waals surface area (Å²) in [6.07, 6.45) is 8.28. The highest BCUT2D eigenvalue weighted by Crippen LogP contribution is 2.52. The fourth-order valence-electron chi connectivity index (χ4n) is 4.54. The number of hydrogen-bond donors (Lipinski definition) is 2. The number of carboxylic acid groups (broad SMARTS) is 1. The molecule has 2 bridgehead atoms. The molecule has 3 aliphatic rings. The second-order valence-corrected chi connectivity index (χ2v) is 6.50. The Morgan fingerprint density at radius 1 is 1.35 bits per heavy atom. The number of nitrogens with one attached hydrogen (secondary N) is 1. The first-order chi connectivity index (χ1) is 8.20. The third-order valence-electron chi connectivity index (χ3n) is 5.46. The van der Waals surface area contributed by atoms with Gasteiger partial charge in [0.05, 0.1) is 5.41 Å². The quantitative estimate of drug-likeness (QED) is 0.791. The molecule has 3 nitrogen and oxygen atoms in total. The van der Waals surface area contributed by atoms with Gasteiger partial charge in [-0.15, -0.1) is 0 Å². The van der Waals surface area contributed by atoms with Crippen LogP contribution in [-0.2, 0) is 4.79 Å². The molecule has 3 heteroatoms. The molecule has 0 aromatic carbocycles. The Balaban J connectivity index is 1.70. The van der Waals surface area contributed by atoms with Gasteiger partial charge in [-0.3, -0.25) is 4.79 Å². The van der Waals surface area contributed by atoms with Crippen LogP contribution in [0.4, 0.5) is 0 Å². The van der Waals surface area contributed by atoms with Gasteiger partial charge in [0.2, 0.25) is 0 Å². The van der Waals surface area contributed by atoms with Crippen LogP contribution in [0.25, 0.3) is 0 Å². The van der Waals surface area contributed by atoms with Crippen molar-refractivity contribution in [2.24, 2.45) is 23.2 Å². The number of fused-ring (bicyclic) bond motifs is 2. The molecule has 1 aliphatic heterocycles. The standard InChI is InChI=1S/C14H23NO2/c16-13(17)14(4-1-5-15-9-14)8-12-7-10-2-3-11(12)6-10/h10-12,15H,1-9H2,(H,16,17). The molecule has 2 N–H and O–H groups in total. The Labute approximate surface area is 103 Å². The van der Waals surface area contributed by atoms with Gasteiger partial charge >= 0.3 is 5.97 Å². The molecule has 4 atom stereocenters. The van der Waals surface area contributed by atoms with Crippen molar-refractivity contribution in [2.45, 2.75) is 44.9 Å². The van der Waals surface area contributed by atoms with E-state index in [2.05, 4.69) is 5.32 Å². The smallest absolute Gasteiger partial charge is 0.310 e. The van der Waals surface area contributed by atoms with Gasteiger partial charge in [-0.05, 0) is 62.8 Å². The van der Waals surface area contributed by atoms with Crippen molar-refractivity contribution in [3.63, 3.8) is 0 Å². The highest BCUT2D eigenvalue weighted by atomic mass is 16.4. The van der Waals surface area contributed by atoms with E-state index < -0.39 is 11.4 Å². The molecule has 17 heavy (non-hydrogen) atoms. The molecular weight excluding hydrogens is 214 g/mol. The molecule has 0 spiro atoms. The summed E-state index contributed by atoms with van der Waals surface area (Å²) in [7, 11) is 0. The minimum Gasteiger partial charge on any atom is -0.481 e. The Bertz CT molecular complexity index is 309. The van der Waals surface area contributed by atoms with Crippen LogP contribution in [0.3, 0.4) is 0 Å².